The maximum atomic E-state index is 13.9. The largest absolute Gasteiger partial charge is 0.385 e. The lowest BCUT2D eigenvalue weighted by molar-refractivity contribution is -0.0512. The molecule has 100 valence electrons. The Morgan fingerprint density at radius 2 is 1.94 bits per heavy atom. The molecular weight excluding hydrogens is 227 g/mol. The van der Waals surface area contributed by atoms with Gasteiger partial charge in [0.1, 0.15) is 5.82 Å². The molecule has 1 N–H and O–H groups in total. The summed E-state index contributed by atoms with van der Waals surface area (Å²) in [5, 5.41) is 10.9. The molecular formula is C16H23FO. The number of hydrogen-bond acceptors (Lipinski definition) is 1. The van der Waals surface area contributed by atoms with Crippen molar-refractivity contribution in [1.29, 1.82) is 0 Å². The van der Waals surface area contributed by atoms with Crippen LogP contribution in [0.25, 0.3) is 0 Å². The van der Waals surface area contributed by atoms with E-state index in [0.29, 0.717) is 11.5 Å². The fourth-order valence-electron chi connectivity index (χ4n) is 3.51. The number of halogens is 1. The summed E-state index contributed by atoms with van der Waals surface area (Å²) in [6.45, 7) is 3.95. The molecule has 0 spiro atoms. The van der Waals surface area contributed by atoms with E-state index in [1.165, 1.54) is 12.5 Å². The zero-order valence-electron chi connectivity index (χ0n) is 11.3. The SMILES string of the molecule is CCC1CCCCC1C(C)(O)c1ccccc1F. The minimum Gasteiger partial charge on any atom is -0.385 e. The van der Waals surface area contributed by atoms with E-state index in [1.54, 1.807) is 25.1 Å². The van der Waals surface area contributed by atoms with Crippen molar-refractivity contribution in [1.82, 2.24) is 0 Å². The summed E-state index contributed by atoms with van der Waals surface area (Å²) in [4.78, 5) is 0. The molecule has 0 heterocycles. The Kier molecular flexibility index (Phi) is 4.06. The lowest BCUT2D eigenvalue weighted by atomic mass is 9.67. The van der Waals surface area contributed by atoms with E-state index in [4.69, 9.17) is 0 Å². The molecule has 1 aromatic carbocycles. The van der Waals surface area contributed by atoms with Gasteiger partial charge in [0.25, 0.3) is 0 Å². The molecule has 1 aromatic rings. The molecule has 1 aliphatic rings. The van der Waals surface area contributed by atoms with Crippen LogP contribution >= 0.6 is 0 Å². The molecule has 0 aliphatic heterocycles. The second-order valence-electron chi connectivity index (χ2n) is 5.69. The summed E-state index contributed by atoms with van der Waals surface area (Å²) in [5.41, 5.74) is -0.595. The van der Waals surface area contributed by atoms with Crippen molar-refractivity contribution in [2.24, 2.45) is 11.8 Å². The highest BCUT2D eigenvalue weighted by molar-refractivity contribution is 5.25. The normalized spacial score (nSPS) is 27.8. The smallest absolute Gasteiger partial charge is 0.129 e. The zero-order chi connectivity index (χ0) is 13.2. The van der Waals surface area contributed by atoms with Crippen molar-refractivity contribution in [3.8, 4) is 0 Å². The fourth-order valence-corrected chi connectivity index (χ4v) is 3.51. The second kappa shape index (κ2) is 5.40. The summed E-state index contributed by atoms with van der Waals surface area (Å²) in [6, 6.07) is 6.63. The van der Waals surface area contributed by atoms with Crippen LogP contribution in [0.15, 0.2) is 24.3 Å². The van der Waals surface area contributed by atoms with Gasteiger partial charge < -0.3 is 5.11 Å². The van der Waals surface area contributed by atoms with Gasteiger partial charge in [0.2, 0.25) is 0 Å². The maximum Gasteiger partial charge on any atom is 0.129 e. The van der Waals surface area contributed by atoms with Gasteiger partial charge in [0, 0.05) is 5.56 Å². The second-order valence-corrected chi connectivity index (χ2v) is 5.69. The first-order valence-corrected chi connectivity index (χ1v) is 7.04. The Morgan fingerprint density at radius 1 is 1.28 bits per heavy atom. The summed E-state index contributed by atoms with van der Waals surface area (Å²) in [7, 11) is 0. The first-order chi connectivity index (χ1) is 8.57. The molecule has 3 atom stereocenters. The zero-order valence-corrected chi connectivity index (χ0v) is 11.3. The quantitative estimate of drug-likeness (QED) is 0.850. The third-order valence-corrected chi connectivity index (χ3v) is 4.57. The minimum absolute atomic E-state index is 0.174. The molecule has 3 unspecified atom stereocenters. The van der Waals surface area contributed by atoms with Gasteiger partial charge in [-0.05, 0) is 31.2 Å². The van der Waals surface area contributed by atoms with Crippen LogP contribution in [0.4, 0.5) is 4.39 Å². The standard InChI is InChI=1S/C16H23FO/c1-3-12-8-4-5-9-13(12)16(2,18)14-10-6-7-11-15(14)17/h6-7,10-13,18H,3-5,8-9H2,1-2H3. The highest BCUT2D eigenvalue weighted by atomic mass is 19.1. The predicted molar refractivity (Wildman–Crippen MR) is 71.7 cm³/mol. The van der Waals surface area contributed by atoms with E-state index in [2.05, 4.69) is 6.92 Å². The average molecular weight is 250 g/mol. The van der Waals surface area contributed by atoms with Crippen LogP contribution < -0.4 is 0 Å². The molecule has 1 aliphatic carbocycles. The van der Waals surface area contributed by atoms with Gasteiger partial charge in [-0.15, -0.1) is 0 Å². The van der Waals surface area contributed by atoms with E-state index in [-0.39, 0.29) is 11.7 Å². The molecule has 0 aromatic heterocycles. The maximum absolute atomic E-state index is 13.9. The number of rotatable bonds is 3. The van der Waals surface area contributed by atoms with Crippen LogP contribution in [-0.2, 0) is 5.60 Å². The van der Waals surface area contributed by atoms with Gasteiger partial charge in [-0.3, -0.25) is 0 Å². The third kappa shape index (κ3) is 2.44. The van der Waals surface area contributed by atoms with Crippen LogP contribution in [0.1, 0.15) is 51.5 Å². The molecule has 1 nitrogen and oxygen atoms in total. The first kappa shape index (κ1) is 13.5. The molecule has 2 rings (SSSR count). The summed E-state index contributed by atoms with van der Waals surface area (Å²) in [6.07, 6.45) is 5.61. The van der Waals surface area contributed by atoms with Crippen molar-refractivity contribution in [2.45, 2.75) is 51.6 Å². The van der Waals surface area contributed by atoms with E-state index < -0.39 is 5.60 Å². The van der Waals surface area contributed by atoms with Crippen LogP contribution in [0.3, 0.4) is 0 Å². The van der Waals surface area contributed by atoms with Gasteiger partial charge >= 0.3 is 0 Å². The van der Waals surface area contributed by atoms with Crippen molar-refractivity contribution in [2.75, 3.05) is 0 Å². The minimum atomic E-state index is -1.05. The monoisotopic (exact) mass is 250 g/mol. The van der Waals surface area contributed by atoms with E-state index in [1.807, 2.05) is 0 Å². The van der Waals surface area contributed by atoms with Gasteiger partial charge in [-0.2, -0.15) is 0 Å². The lowest BCUT2D eigenvalue weighted by Crippen LogP contribution is -2.39. The van der Waals surface area contributed by atoms with E-state index in [0.717, 1.165) is 25.7 Å². The Bertz CT molecular complexity index is 400. The van der Waals surface area contributed by atoms with Crippen molar-refractivity contribution in [3.63, 3.8) is 0 Å². The molecule has 2 heteroatoms. The summed E-state index contributed by atoms with van der Waals surface area (Å²) < 4.78 is 13.9. The molecule has 18 heavy (non-hydrogen) atoms. The number of aliphatic hydroxyl groups is 1. The average Bonchev–Trinajstić information content (AvgIpc) is 2.39. The predicted octanol–water partition coefficient (Wildman–Crippen LogP) is 4.25. The molecule has 0 bridgehead atoms. The van der Waals surface area contributed by atoms with Crippen LogP contribution in [0.2, 0.25) is 0 Å². The van der Waals surface area contributed by atoms with Crippen molar-refractivity contribution >= 4 is 0 Å². The van der Waals surface area contributed by atoms with Gasteiger partial charge in [0.05, 0.1) is 5.60 Å². The highest BCUT2D eigenvalue weighted by Crippen LogP contribution is 2.44. The van der Waals surface area contributed by atoms with Gasteiger partial charge in [0.15, 0.2) is 0 Å². The van der Waals surface area contributed by atoms with Crippen LogP contribution in [-0.4, -0.2) is 5.11 Å². The number of hydrogen-bond donors (Lipinski definition) is 1. The van der Waals surface area contributed by atoms with E-state index in [9.17, 15) is 9.50 Å². The summed E-state index contributed by atoms with van der Waals surface area (Å²) in [5.74, 6) is 0.393. The highest BCUT2D eigenvalue weighted by Gasteiger charge is 2.40. The molecule has 0 amide bonds. The molecule has 0 radical (unpaired) electrons. The Balaban J connectivity index is 2.31. The van der Waals surface area contributed by atoms with Gasteiger partial charge in [-0.1, -0.05) is 50.8 Å². The fraction of sp³-hybridized carbons (Fsp3) is 0.625. The number of benzene rings is 1. The lowest BCUT2D eigenvalue weighted by Gasteiger charge is -2.41. The Labute approximate surface area is 109 Å². The Hall–Kier alpha value is -0.890. The first-order valence-electron chi connectivity index (χ1n) is 7.04. The van der Waals surface area contributed by atoms with Crippen molar-refractivity contribution < 1.29 is 9.50 Å². The topological polar surface area (TPSA) is 20.2 Å². The molecule has 0 saturated heterocycles. The molecule has 1 fully saturated rings. The summed E-state index contributed by atoms with van der Waals surface area (Å²) >= 11 is 0. The third-order valence-electron chi connectivity index (χ3n) is 4.57. The molecule has 1 saturated carbocycles. The van der Waals surface area contributed by atoms with Crippen LogP contribution in [0, 0.1) is 17.7 Å². The van der Waals surface area contributed by atoms with Crippen LogP contribution in [0.5, 0.6) is 0 Å². The van der Waals surface area contributed by atoms with Crippen molar-refractivity contribution in [3.05, 3.63) is 35.6 Å². The van der Waals surface area contributed by atoms with E-state index >= 15 is 0 Å². The van der Waals surface area contributed by atoms with Gasteiger partial charge in [-0.25, -0.2) is 4.39 Å². The Morgan fingerprint density at radius 3 is 2.61 bits per heavy atom.